The minimum absolute atomic E-state index is 0.179. The summed E-state index contributed by atoms with van der Waals surface area (Å²) in [6.45, 7) is 4.98. The molecule has 0 radical (unpaired) electrons. The fourth-order valence-corrected chi connectivity index (χ4v) is 3.44. The first-order valence-corrected chi connectivity index (χ1v) is 8.35. The van der Waals surface area contributed by atoms with Crippen LogP contribution in [-0.4, -0.2) is 35.4 Å². The molecule has 24 heavy (non-hydrogen) atoms. The summed E-state index contributed by atoms with van der Waals surface area (Å²) in [5.41, 5.74) is 4.59. The molecule has 3 aromatic rings. The molecule has 122 valence electrons. The molecular weight excluding hydrogens is 298 g/mol. The molecule has 1 fully saturated rings. The van der Waals surface area contributed by atoms with E-state index in [1.807, 2.05) is 29.3 Å². The van der Waals surface area contributed by atoms with Crippen LogP contribution in [0.3, 0.4) is 0 Å². The largest absolute Gasteiger partial charge is 0.361 e. The molecule has 1 aliphatic rings. The molecular formula is C20H21N3O. The van der Waals surface area contributed by atoms with Crippen LogP contribution in [0.4, 0.5) is 5.69 Å². The van der Waals surface area contributed by atoms with Crippen molar-refractivity contribution in [3.63, 3.8) is 0 Å². The highest BCUT2D eigenvalue weighted by molar-refractivity contribution is 5.96. The number of amides is 1. The number of hydrogen-bond donors (Lipinski definition) is 1. The number of nitrogens with zero attached hydrogens (tertiary/aromatic N) is 2. The summed E-state index contributed by atoms with van der Waals surface area (Å²) in [7, 11) is 0. The topological polar surface area (TPSA) is 39.3 Å². The predicted octanol–water partition coefficient (Wildman–Crippen LogP) is 3.33. The number of fused-ring (bicyclic) bond motifs is 1. The lowest BCUT2D eigenvalue weighted by Crippen LogP contribution is -2.50. The van der Waals surface area contributed by atoms with Crippen LogP contribution in [0.2, 0.25) is 0 Å². The van der Waals surface area contributed by atoms with E-state index in [9.17, 15) is 4.79 Å². The van der Waals surface area contributed by atoms with Crippen molar-refractivity contribution in [3.05, 3.63) is 65.9 Å². The zero-order valence-electron chi connectivity index (χ0n) is 13.8. The van der Waals surface area contributed by atoms with Gasteiger partial charge in [0.05, 0.1) is 6.54 Å². The van der Waals surface area contributed by atoms with Crippen LogP contribution in [-0.2, 0) is 11.3 Å². The first-order valence-electron chi connectivity index (χ1n) is 8.35. The first kappa shape index (κ1) is 15.0. The summed E-state index contributed by atoms with van der Waals surface area (Å²) in [4.78, 5) is 20.0. The van der Waals surface area contributed by atoms with E-state index in [0.717, 1.165) is 36.4 Å². The summed E-state index contributed by atoms with van der Waals surface area (Å²) in [6, 6.07) is 16.6. The van der Waals surface area contributed by atoms with Gasteiger partial charge < -0.3 is 9.88 Å². The molecule has 0 spiro atoms. The molecule has 2 heterocycles. The van der Waals surface area contributed by atoms with E-state index in [2.05, 4.69) is 47.1 Å². The van der Waals surface area contributed by atoms with E-state index >= 15 is 0 Å². The number of H-pyrrole nitrogens is 1. The maximum Gasteiger partial charge on any atom is 0.241 e. The molecule has 0 bridgehead atoms. The molecule has 0 atom stereocenters. The Morgan fingerprint density at radius 3 is 2.79 bits per heavy atom. The molecule has 0 unspecified atom stereocenters. The quantitative estimate of drug-likeness (QED) is 0.804. The van der Waals surface area contributed by atoms with E-state index in [1.54, 1.807) is 0 Å². The average Bonchev–Trinajstić information content (AvgIpc) is 3.04. The number of carbonyl (C=O) groups is 1. The Morgan fingerprint density at radius 1 is 1.08 bits per heavy atom. The number of carbonyl (C=O) groups excluding carboxylic acids is 1. The molecule has 4 rings (SSSR count). The third-order valence-electron chi connectivity index (χ3n) is 4.73. The number of nitrogens with one attached hydrogen (secondary N) is 1. The Balaban J connectivity index is 1.46. The maximum atomic E-state index is 12.6. The van der Waals surface area contributed by atoms with Crippen molar-refractivity contribution in [2.45, 2.75) is 13.5 Å². The highest BCUT2D eigenvalue weighted by atomic mass is 16.2. The third kappa shape index (κ3) is 2.81. The van der Waals surface area contributed by atoms with E-state index in [-0.39, 0.29) is 5.91 Å². The predicted molar refractivity (Wildman–Crippen MR) is 97.1 cm³/mol. The van der Waals surface area contributed by atoms with E-state index < -0.39 is 0 Å². The molecule has 4 heteroatoms. The normalized spacial score (nSPS) is 16.0. The summed E-state index contributed by atoms with van der Waals surface area (Å²) in [6.07, 6.45) is 1.96. The average molecular weight is 319 g/mol. The maximum absolute atomic E-state index is 12.6. The Kier molecular flexibility index (Phi) is 3.82. The molecule has 4 nitrogen and oxygen atoms in total. The highest BCUT2D eigenvalue weighted by Crippen LogP contribution is 2.22. The van der Waals surface area contributed by atoms with Crippen molar-refractivity contribution in [2.75, 3.05) is 24.5 Å². The van der Waals surface area contributed by atoms with Crippen molar-refractivity contribution in [1.29, 1.82) is 0 Å². The smallest absolute Gasteiger partial charge is 0.241 e. The van der Waals surface area contributed by atoms with Crippen molar-refractivity contribution >= 4 is 22.5 Å². The number of hydrogen-bond acceptors (Lipinski definition) is 2. The van der Waals surface area contributed by atoms with E-state index in [1.165, 1.54) is 10.9 Å². The van der Waals surface area contributed by atoms with Crippen molar-refractivity contribution in [2.24, 2.45) is 0 Å². The van der Waals surface area contributed by atoms with Crippen LogP contribution in [0, 0.1) is 6.92 Å². The lowest BCUT2D eigenvalue weighted by atomic mass is 10.1. The monoisotopic (exact) mass is 319 g/mol. The highest BCUT2D eigenvalue weighted by Gasteiger charge is 2.25. The number of aryl methyl sites for hydroxylation is 1. The van der Waals surface area contributed by atoms with E-state index in [0.29, 0.717) is 6.54 Å². The molecule has 1 N–H and O–H groups in total. The Morgan fingerprint density at radius 2 is 1.96 bits per heavy atom. The van der Waals surface area contributed by atoms with Crippen LogP contribution in [0.25, 0.3) is 10.9 Å². The molecule has 0 aliphatic carbocycles. The van der Waals surface area contributed by atoms with Gasteiger partial charge >= 0.3 is 0 Å². The van der Waals surface area contributed by atoms with Gasteiger partial charge in [-0.05, 0) is 47.7 Å². The number of benzene rings is 2. The number of aromatic amines is 1. The van der Waals surface area contributed by atoms with Gasteiger partial charge in [-0.15, -0.1) is 0 Å². The fourth-order valence-electron chi connectivity index (χ4n) is 3.44. The number of para-hydroxylation sites is 1. The summed E-state index contributed by atoms with van der Waals surface area (Å²) < 4.78 is 0. The molecule has 1 aliphatic heterocycles. The molecule has 1 saturated heterocycles. The minimum atomic E-state index is 0.179. The van der Waals surface area contributed by atoms with Gasteiger partial charge in [-0.1, -0.05) is 24.3 Å². The van der Waals surface area contributed by atoms with Crippen LogP contribution < -0.4 is 4.90 Å². The minimum Gasteiger partial charge on any atom is -0.361 e. The SMILES string of the molecule is Cc1ccccc1N1CCN(Cc2ccc3[nH]ccc3c2)CC1=O. The molecule has 2 aromatic carbocycles. The van der Waals surface area contributed by atoms with Crippen molar-refractivity contribution in [1.82, 2.24) is 9.88 Å². The zero-order valence-corrected chi connectivity index (χ0v) is 13.8. The lowest BCUT2D eigenvalue weighted by molar-refractivity contribution is -0.121. The second kappa shape index (κ2) is 6.13. The van der Waals surface area contributed by atoms with E-state index in [4.69, 9.17) is 0 Å². The molecule has 1 amide bonds. The van der Waals surface area contributed by atoms with Crippen LogP contribution in [0.1, 0.15) is 11.1 Å². The second-order valence-electron chi connectivity index (χ2n) is 6.44. The third-order valence-corrected chi connectivity index (χ3v) is 4.73. The summed E-state index contributed by atoms with van der Waals surface area (Å²) >= 11 is 0. The van der Waals surface area contributed by atoms with Gasteiger partial charge in [0.15, 0.2) is 0 Å². The van der Waals surface area contributed by atoms with Gasteiger partial charge in [0, 0.05) is 37.0 Å². The zero-order chi connectivity index (χ0) is 16.5. The standard InChI is InChI=1S/C20H21N3O/c1-15-4-2-3-5-19(15)23-11-10-22(14-20(23)24)13-16-6-7-18-17(12-16)8-9-21-18/h2-9,12,21H,10-11,13-14H2,1H3. The van der Waals surface area contributed by atoms with Crippen LogP contribution in [0.15, 0.2) is 54.7 Å². The summed E-state index contributed by atoms with van der Waals surface area (Å²) in [5.74, 6) is 0.179. The van der Waals surface area contributed by atoms with Crippen LogP contribution >= 0.6 is 0 Å². The number of anilines is 1. The number of rotatable bonds is 3. The van der Waals surface area contributed by atoms with Crippen molar-refractivity contribution < 1.29 is 4.79 Å². The molecule has 0 saturated carbocycles. The molecule has 1 aromatic heterocycles. The second-order valence-corrected chi connectivity index (χ2v) is 6.44. The van der Waals surface area contributed by atoms with Gasteiger partial charge in [-0.2, -0.15) is 0 Å². The van der Waals surface area contributed by atoms with Gasteiger partial charge in [0.25, 0.3) is 0 Å². The van der Waals surface area contributed by atoms with Gasteiger partial charge in [-0.25, -0.2) is 0 Å². The van der Waals surface area contributed by atoms with Gasteiger partial charge in [-0.3, -0.25) is 9.69 Å². The lowest BCUT2D eigenvalue weighted by Gasteiger charge is -2.35. The first-order chi connectivity index (χ1) is 11.7. The van der Waals surface area contributed by atoms with Crippen LogP contribution in [0.5, 0.6) is 0 Å². The number of piperazine rings is 1. The Labute approximate surface area is 141 Å². The Bertz CT molecular complexity index is 883. The fraction of sp³-hybridized carbons (Fsp3) is 0.250. The Hall–Kier alpha value is -2.59. The number of aromatic nitrogens is 1. The van der Waals surface area contributed by atoms with Gasteiger partial charge in [0.1, 0.15) is 0 Å². The van der Waals surface area contributed by atoms with Crippen molar-refractivity contribution in [3.8, 4) is 0 Å². The summed E-state index contributed by atoms with van der Waals surface area (Å²) in [5, 5.41) is 1.22. The van der Waals surface area contributed by atoms with Gasteiger partial charge in [0.2, 0.25) is 5.91 Å².